The van der Waals surface area contributed by atoms with Crippen molar-refractivity contribution in [2.75, 3.05) is 11.9 Å². The fourth-order valence-electron chi connectivity index (χ4n) is 1.70. The number of hydrogen-bond donors (Lipinski definition) is 1. The maximum absolute atomic E-state index is 8.88. The van der Waals surface area contributed by atoms with Crippen LogP contribution in [0.1, 0.15) is 37.8 Å². The van der Waals surface area contributed by atoms with Crippen LogP contribution in [0.3, 0.4) is 0 Å². The molecular formula is C15H19N3. The molecule has 0 atom stereocenters. The Hall–Kier alpha value is -2.00. The monoisotopic (exact) mass is 241 g/mol. The summed E-state index contributed by atoms with van der Waals surface area (Å²) in [5, 5.41) is 20.9. The number of nitrogens with zero attached hydrogens (tertiary/aromatic N) is 2. The van der Waals surface area contributed by atoms with Gasteiger partial charge in [-0.05, 0) is 36.5 Å². The molecule has 3 nitrogen and oxygen atoms in total. The largest absolute Gasteiger partial charge is 0.384 e. The Bertz CT molecular complexity index is 489. The van der Waals surface area contributed by atoms with Crippen LogP contribution in [-0.2, 0) is 0 Å². The van der Waals surface area contributed by atoms with Crippen molar-refractivity contribution >= 4 is 5.69 Å². The standard InChI is InChI=1S/C15H19N3/c1-12-5-6-13(10-17)9-14(12)18-11-15(2,3)7-4-8-16/h5-6,9,18H,4,7,11H2,1-3H3. The zero-order valence-corrected chi connectivity index (χ0v) is 11.2. The third kappa shape index (κ3) is 4.11. The molecule has 0 aliphatic rings. The van der Waals surface area contributed by atoms with Gasteiger partial charge in [-0.25, -0.2) is 0 Å². The first-order valence-electron chi connectivity index (χ1n) is 6.10. The van der Waals surface area contributed by atoms with Crippen molar-refractivity contribution in [3.05, 3.63) is 29.3 Å². The number of anilines is 1. The quantitative estimate of drug-likeness (QED) is 0.856. The highest BCUT2D eigenvalue weighted by Crippen LogP contribution is 2.24. The number of benzene rings is 1. The van der Waals surface area contributed by atoms with Crippen molar-refractivity contribution in [3.63, 3.8) is 0 Å². The zero-order chi connectivity index (χ0) is 13.6. The Morgan fingerprint density at radius 2 is 2.00 bits per heavy atom. The van der Waals surface area contributed by atoms with Gasteiger partial charge < -0.3 is 5.32 Å². The molecule has 0 saturated heterocycles. The van der Waals surface area contributed by atoms with Gasteiger partial charge in [0.05, 0.1) is 17.7 Å². The van der Waals surface area contributed by atoms with Crippen molar-refractivity contribution in [2.24, 2.45) is 5.41 Å². The van der Waals surface area contributed by atoms with Gasteiger partial charge in [0.1, 0.15) is 0 Å². The van der Waals surface area contributed by atoms with Gasteiger partial charge in [-0.2, -0.15) is 10.5 Å². The average molecular weight is 241 g/mol. The van der Waals surface area contributed by atoms with Gasteiger partial charge in [0.15, 0.2) is 0 Å². The fourth-order valence-corrected chi connectivity index (χ4v) is 1.70. The van der Waals surface area contributed by atoms with E-state index in [2.05, 4.69) is 31.3 Å². The van der Waals surface area contributed by atoms with Crippen LogP contribution in [0.5, 0.6) is 0 Å². The third-order valence-corrected chi connectivity index (χ3v) is 3.04. The van der Waals surface area contributed by atoms with Crippen molar-refractivity contribution < 1.29 is 0 Å². The van der Waals surface area contributed by atoms with Crippen LogP contribution in [0.4, 0.5) is 5.69 Å². The molecule has 0 unspecified atom stereocenters. The summed E-state index contributed by atoms with van der Waals surface area (Å²) < 4.78 is 0. The van der Waals surface area contributed by atoms with Crippen LogP contribution >= 0.6 is 0 Å². The lowest BCUT2D eigenvalue weighted by molar-refractivity contribution is 0.364. The van der Waals surface area contributed by atoms with Gasteiger partial charge in [-0.1, -0.05) is 19.9 Å². The van der Waals surface area contributed by atoms with E-state index in [0.717, 1.165) is 24.2 Å². The Kier molecular flexibility index (Phi) is 4.75. The summed E-state index contributed by atoms with van der Waals surface area (Å²) in [5.74, 6) is 0. The molecule has 0 bridgehead atoms. The van der Waals surface area contributed by atoms with Crippen LogP contribution in [-0.4, -0.2) is 6.54 Å². The summed E-state index contributed by atoms with van der Waals surface area (Å²) in [7, 11) is 0. The second-order valence-corrected chi connectivity index (χ2v) is 5.32. The van der Waals surface area contributed by atoms with Crippen LogP contribution in [0, 0.1) is 35.0 Å². The number of aryl methyl sites for hydroxylation is 1. The minimum Gasteiger partial charge on any atom is -0.384 e. The van der Waals surface area contributed by atoms with Crippen LogP contribution < -0.4 is 5.32 Å². The first kappa shape index (κ1) is 14.1. The van der Waals surface area contributed by atoms with E-state index in [4.69, 9.17) is 10.5 Å². The molecule has 3 heteroatoms. The average Bonchev–Trinajstić information content (AvgIpc) is 2.35. The molecule has 0 radical (unpaired) electrons. The van der Waals surface area contributed by atoms with E-state index in [1.54, 1.807) is 0 Å². The molecule has 1 N–H and O–H groups in total. The predicted molar refractivity (Wildman–Crippen MR) is 73.0 cm³/mol. The van der Waals surface area contributed by atoms with Crippen LogP contribution in [0.2, 0.25) is 0 Å². The summed E-state index contributed by atoms with van der Waals surface area (Å²) in [6, 6.07) is 9.96. The first-order chi connectivity index (χ1) is 8.48. The molecule has 1 aromatic rings. The second-order valence-electron chi connectivity index (χ2n) is 5.32. The second kappa shape index (κ2) is 6.07. The summed E-state index contributed by atoms with van der Waals surface area (Å²) in [5.41, 5.74) is 2.87. The fraction of sp³-hybridized carbons (Fsp3) is 0.467. The molecule has 0 heterocycles. The Labute approximate surface area is 109 Å². The molecule has 0 aromatic heterocycles. The van der Waals surface area contributed by atoms with Gasteiger partial charge in [-0.3, -0.25) is 0 Å². The van der Waals surface area contributed by atoms with Gasteiger partial charge in [0.25, 0.3) is 0 Å². The first-order valence-corrected chi connectivity index (χ1v) is 6.10. The topological polar surface area (TPSA) is 59.6 Å². The van der Waals surface area contributed by atoms with E-state index in [1.807, 2.05) is 25.1 Å². The van der Waals surface area contributed by atoms with Crippen LogP contribution in [0.15, 0.2) is 18.2 Å². The smallest absolute Gasteiger partial charge is 0.0992 e. The molecule has 0 amide bonds. The maximum Gasteiger partial charge on any atom is 0.0992 e. The van der Waals surface area contributed by atoms with Gasteiger partial charge in [0.2, 0.25) is 0 Å². The lowest BCUT2D eigenvalue weighted by Crippen LogP contribution is -2.23. The van der Waals surface area contributed by atoms with Crippen LogP contribution in [0.25, 0.3) is 0 Å². The predicted octanol–water partition coefficient (Wildman–Crippen LogP) is 3.61. The van der Waals surface area contributed by atoms with Crippen molar-refractivity contribution in [2.45, 2.75) is 33.6 Å². The lowest BCUT2D eigenvalue weighted by Gasteiger charge is -2.25. The molecule has 0 spiro atoms. The molecule has 0 fully saturated rings. The van der Waals surface area contributed by atoms with Gasteiger partial charge in [0, 0.05) is 18.7 Å². The van der Waals surface area contributed by atoms with E-state index < -0.39 is 0 Å². The highest BCUT2D eigenvalue weighted by molar-refractivity contribution is 5.55. The Morgan fingerprint density at radius 3 is 2.61 bits per heavy atom. The zero-order valence-electron chi connectivity index (χ0n) is 11.2. The van der Waals surface area contributed by atoms with E-state index in [9.17, 15) is 0 Å². The highest BCUT2D eigenvalue weighted by Gasteiger charge is 2.17. The van der Waals surface area contributed by atoms with E-state index in [-0.39, 0.29) is 5.41 Å². The number of rotatable bonds is 5. The lowest BCUT2D eigenvalue weighted by atomic mass is 9.88. The Morgan fingerprint density at radius 1 is 1.28 bits per heavy atom. The van der Waals surface area contributed by atoms with E-state index in [0.29, 0.717) is 12.0 Å². The van der Waals surface area contributed by atoms with E-state index >= 15 is 0 Å². The molecule has 94 valence electrons. The molecule has 1 aromatic carbocycles. The molecular weight excluding hydrogens is 222 g/mol. The molecule has 0 aliphatic heterocycles. The molecule has 18 heavy (non-hydrogen) atoms. The van der Waals surface area contributed by atoms with Crippen molar-refractivity contribution in [1.82, 2.24) is 0 Å². The normalized spacial score (nSPS) is 10.5. The number of nitrogens with one attached hydrogen (secondary N) is 1. The minimum absolute atomic E-state index is 0.0742. The maximum atomic E-state index is 8.88. The molecule has 0 saturated carbocycles. The summed E-state index contributed by atoms with van der Waals surface area (Å²) in [6.07, 6.45) is 1.44. The molecule has 1 rings (SSSR count). The highest BCUT2D eigenvalue weighted by atomic mass is 14.9. The summed E-state index contributed by atoms with van der Waals surface area (Å²) in [4.78, 5) is 0. The summed E-state index contributed by atoms with van der Waals surface area (Å²) >= 11 is 0. The van der Waals surface area contributed by atoms with Crippen molar-refractivity contribution in [3.8, 4) is 12.1 Å². The van der Waals surface area contributed by atoms with Gasteiger partial charge in [-0.15, -0.1) is 0 Å². The third-order valence-electron chi connectivity index (χ3n) is 3.04. The number of hydrogen-bond acceptors (Lipinski definition) is 3. The van der Waals surface area contributed by atoms with E-state index in [1.165, 1.54) is 0 Å². The van der Waals surface area contributed by atoms with Gasteiger partial charge >= 0.3 is 0 Å². The molecule has 0 aliphatic carbocycles. The van der Waals surface area contributed by atoms with Crippen molar-refractivity contribution in [1.29, 1.82) is 10.5 Å². The summed E-state index contributed by atoms with van der Waals surface area (Å²) in [6.45, 7) is 7.10. The minimum atomic E-state index is 0.0742. The SMILES string of the molecule is Cc1ccc(C#N)cc1NCC(C)(C)CCC#N. The Balaban J connectivity index is 2.69. The number of nitriles is 2.